The largest absolute Gasteiger partial charge is 0.356 e. The molecule has 0 atom stereocenters. The van der Waals surface area contributed by atoms with Crippen molar-refractivity contribution in [1.82, 2.24) is 16.0 Å². The molecule has 0 aromatic heterocycles. The van der Waals surface area contributed by atoms with Crippen LogP contribution >= 0.6 is 24.0 Å². The fraction of sp³-hybridized carbons (Fsp3) is 0.429. The molecule has 1 aliphatic rings. The summed E-state index contributed by atoms with van der Waals surface area (Å²) in [5.74, 6) is 0.835. The van der Waals surface area contributed by atoms with Crippen molar-refractivity contribution < 1.29 is 4.79 Å². The van der Waals surface area contributed by atoms with Gasteiger partial charge < -0.3 is 16.0 Å². The van der Waals surface area contributed by atoms with E-state index in [1.165, 1.54) is 0 Å². The minimum absolute atomic E-state index is 0. The van der Waals surface area contributed by atoms with Gasteiger partial charge in [0.1, 0.15) is 0 Å². The number of hydrogen-bond acceptors (Lipinski definition) is 4. The number of carbonyl (C=O) groups excluding carboxylic acids is 1. The minimum Gasteiger partial charge on any atom is -0.356 e. The molecule has 0 bridgehead atoms. The maximum atomic E-state index is 11.5. The first-order chi connectivity index (χ1) is 9.29. The first kappa shape index (κ1) is 16.7. The first-order valence-corrected chi connectivity index (χ1v) is 6.63. The smallest absolute Gasteiger partial charge is 0.251 e. The molecule has 1 aromatic rings. The average Bonchev–Trinajstić information content (AvgIpc) is 2.48. The third-order valence-electron chi connectivity index (χ3n) is 3.02. The van der Waals surface area contributed by atoms with Gasteiger partial charge in [-0.1, -0.05) is 12.1 Å². The lowest BCUT2D eigenvalue weighted by Crippen LogP contribution is -2.41. The predicted octanol–water partition coefficient (Wildman–Crippen LogP) is 1.15. The number of amides is 1. The number of aliphatic imine (C=N–C) groups is 1. The Balaban J connectivity index is 0.00000200. The fourth-order valence-corrected chi connectivity index (χ4v) is 1.99. The van der Waals surface area contributed by atoms with Gasteiger partial charge in [-0.3, -0.25) is 9.79 Å². The van der Waals surface area contributed by atoms with E-state index in [1.54, 1.807) is 7.05 Å². The molecule has 0 unspecified atom stereocenters. The van der Waals surface area contributed by atoms with Crippen LogP contribution in [0.3, 0.4) is 0 Å². The van der Waals surface area contributed by atoms with Crippen molar-refractivity contribution in [2.75, 3.05) is 26.7 Å². The van der Waals surface area contributed by atoms with Crippen molar-refractivity contribution in [1.29, 1.82) is 0 Å². The highest BCUT2D eigenvalue weighted by Crippen LogP contribution is 2.05. The summed E-state index contributed by atoms with van der Waals surface area (Å²) in [4.78, 5) is 15.9. The highest BCUT2D eigenvalue weighted by molar-refractivity contribution is 14.0. The zero-order chi connectivity index (χ0) is 13.5. The molecule has 1 heterocycles. The van der Waals surface area contributed by atoms with Crippen molar-refractivity contribution in [2.24, 2.45) is 4.99 Å². The number of nitrogens with zero attached hydrogens (tertiary/aromatic N) is 1. The molecule has 0 radical (unpaired) electrons. The highest BCUT2D eigenvalue weighted by Gasteiger charge is 2.05. The molecule has 5 nitrogen and oxygen atoms in total. The van der Waals surface area contributed by atoms with Crippen molar-refractivity contribution in [3.8, 4) is 0 Å². The van der Waals surface area contributed by atoms with Crippen LogP contribution in [0, 0.1) is 0 Å². The molecular formula is C14H21IN4O. The van der Waals surface area contributed by atoms with Crippen LogP contribution in [-0.2, 0) is 6.42 Å². The molecule has 0 aliphatic carbocycles. The summed E-state index contributed by atoms with van der Waals surface area (Å²) in [5, 5.41) is 9.12. The summed E-state index contributed by atoms with van der Waals surface area (Å²) in [6.45, 7) is 2.68. The lowest BCUT2D eigenvalue weighted by Gasteiger charge is -2.16. The Morgan fingerprint density at radius 2 is 2.30 bits per heavy atom. The van der Waals surface area contributed by atoms with Gasteiger partial charge >= 0.3 is 0 Å². The molecule has 1 aromatic carbocycles. The summed E-state index contributed by atoms with van der Waals surface area (Å²) < 4.78 is 0. The van der Waals surface area contributed by atoms with E-state index in [2.05, 4.69) is 20.9 Å². The number of nitrogens with one attached hydrogen (secondary N) is 3. The van der Waals surface area contributed by atoms with Gasteiger partial charge in [0, 0.05) is 32.2 Å². The molecule has 0 spiro atoms. The fourth-order valence-electron chi connectivity index (χ4n) is 1.99. The van der Waals surface area contributed by atoms with Crippen LogP contribution in [-0.4, -0.2) is 38.5 Å². The van der Waals surface area contributed by atoms with Crippen molar-refractivity contribution in [3.63, 3.8) is 0 Å². The number of guanidine groups is 1. The molecule has 1 amide bonds. The topological polar surface area (TPSA) is 65.5 Å². The molecule has 110 valence electrons. The Morgan fingerprint density at radius 3 is 3.00 bits per heavy atom. The van der Waals surface area contributed by atoms with E-state index in [4.69, 9.17) is 0 Å². The summed E-state index contributed by atoms with van der Waals surface area (Å²) in [7, 11) is 1.64. The average molecular weight is 388 g/mol. The zero-order valence-electron chi connectivity index (χ0n) is 11.6. The van der Waals surface area contributed by atoms with Gasteiger partial charge in [0.05, 0.1) is 0 Å². The van der Waals surface area contributed by atoms with Gasteiger partial charge in [-0.15, -0.1) is 24.0 Å². The Hall–Kier alpha value is -1.31. The second kappa shape index (κ2) is 8.78. The van der Waals surface area contributed by atoms with E-state index in [1.807, 2.05) is 24.3 Å². The van der Waals surface area contributed by atoms with Crippen LogP contribution in [0.1, 0.15) is 22.3 Å². The lowest BCUT2D eigenvalue weighted by molar-refractivity contribution is 0.0963. The molecule has 6 heteroatoms. The standard InChI is InChI=1S/C14H20N4O.HI/c1-15-13(19)12-5-2-4-11(10-12)6-9-18-14-16-7-3-8-17-14;/h2,4-5,10H,3,6-9H2,1H3,(H,15,19)(H2,16,17,18);1H. The Bertz CT molecular complexity index is 476. The Morgan fingerprint density at radius 1 is 1.45 bits per heavy atom. The summed E-state index contributed by atoms with van der Waals surface area (Å²) in [6, 6.07) is 7.69. The molecule has 20 heavy (non-hydrogen) atoms. The minimum atomic E-state index is -0.0480. The van der Waals surface area contributed by atoms with Crippen LogP contribution in [0.4, 0.5) is 0 Å². The van der Waals surface area contributed by atoms with E-state index in [0.29, 0.717) is 5.56 Å². The number of halogens is 1. The van der Waals surface area contributed by atoms with Crippen LogP contribution in [0.2, 0.25) is 0 Å². The Kier molecular flexibility index (Phi) is 7.35. The molecular weight excluding hydrogens is 367 g/mol. The SMILES string of the molecule is CNC(=O)c1cccc(CCNC2=NCCCN2)c1.I. The van der Waals surface area contributed by atoms with E-state index < -0.39 is 0 Å². The van der Waals surface area contributed by atoms with Gasteiger partial charge in [0.25, 0.3) is 5.91 Å². The van der Waals surface area contributed by atoms with Crippen LogP contribution in [0.15, 0.2) is 29.3 Å². The predicted molar refractivity (Wildman–Crippen MR) is 91.9 cm³/mol. The zero-order valence-corrected chi connectivity index (χ0v) is 13.9. The molecule has 0 saturated carbocycles. The quantitative estimate of drug-likeness (QED) is 0.678. The molecule has 3 N–H and O–H groups in total. The second-order valence-corrected chi connectivity index (χ2v) is 4.47. The van der Waals surface area contributed by atoms with Crippen LogP contribution < -0.4 is 16.0 Å². The van der Waals surface area contributed by atoms with E-state index >= 15 is 0 Å². The van der Waals surface area contributed by atoms with Crippen LogP contribution in [0.5, 0.6) is 0 Å². The number of benzene rings is 1. The normalized spacial score (nSPS) is 13.6. The number of hydrogen-bond donors (Lipinski definition) is 3. The third kappa shape index (κ3) is 4.99. The van der Waals surface area contributed by atoms with Gasteiger partial charge in [-0.2, -0.15) is 0 Å². The van der Waals surface area contributed by atoms with Gasteiger partial charge in [-0.25, -0.2) is 0 Å². The van der Waals surface area contributed by atoms with Crippen molar-refractivity contribution in [2.45, 2.75) is 12.8 Å². The Labute approximate surface area is 136 Å². The van der Waals surface area contributed by atoms with Crippen molar-refractivity contribution >= 4 is 35.8 Å². The van der Waals surface area contributed by atoms with Gasteiger partial charge in [0.15, 0.2) is 5.96 Å². The summed E-state index contributed by atoms with van der Waals surface area (Å²) in [5.41, 5.74) is 1.85. The summed E-state index contributed by atoms with van der Waals surface area (Å²) in [6.07, 6.45) is 1.96. The van der Waals surface area contributed by atoms with Gasteiger partial charge in [0.2, 0.25) is 0 Å². The maximum Gasteiger partial charge on any atom is 0.251 e. The molecule has 2 rings (SSSR count). The molecule has 1 aliphatic heterocycles. The highest BCUT2D eigenvalue weighted by atomic mass is 127. The molecule has 0 fully saturated rings. The van der Waals surface area contributed by atoms with E-state index in [9.17, 15) is 4.79 Å². The van der Waals surface area contributed by atoms with E-state index in [-0.39, 0.29) is 29.9 Å². The number of rotatable bonds is 4. The molecule has 0 saturated heterocycles. The third-order valence-corrected chi connectivity index (χ3v) is 3.02. The first-order valence-electron chi connectivity index (χ1n) is 6.63. The van der Waals surface area contributed by atoms with Gasteiger partial charge in [-0.05, 0) is 30.5 Å². The lowest BCUT2D eigenvalue weighted by atomic mass is 10.1. The van der Waals surface area contributed by atoms with Crippen molar-refractivity contribution in [3.05, 3.63) is 35.4 Å². The van der Waals surface area contributed by atoms with E-state index in [0.717, 1.165) is 44.0 Å². The summed E-state index contributed by atoms with van der Waals surface area (Å²) >= 11 is 0. The maximum absolute atomic E-state index is 11.5. The van der Waals surface area contributed by atoms with Crippen LogP contribution in [0.25, 0.3) is 0 Å². The number of carbonyl (C=O) groups is 1. The second-order valence-electron chi connectivity index (χ2n) is 4.47. The monoisotopic (exact) mass is 388 g/mol.